The van der Waals surface area contributed by atoms with Gasteiger partial charge < -0.3 is 9.52 Å². The average Bonchev–Trinajstić information content (AvgIpc) is 3.00. The molecule has 2 aromatic rings. The molecule has 20 heavy (non-hydrogen) atoms. The van der Waals surface area contributed by atoms with Gasteiger partial charge in [-0.3, -0.25) is 4.79 Å². The molecule has 0 spiro atoms. The summed E-state index contributed by atoms with van der Waals surface area (Å²) in [6.07, 6.45) is 5.05. The molecule has 0 radical (unpaired) electrons. The number of hydrogen-bond donors (Lipinski definition) is 2. The Morgan fingerprint density at radius 2 is 2.05 bits per heavy atom. The molecular weight excluding hydrogens is 256 g/mol. The van der Waals surface area contributed by atoms with Crippen LogP contribution < -0.4 is 5.43 Å². The summed E-state index contributed by atoms with van der Waals surface area (Å²) in [5.41, 5.74) is 2.78. The Kier molecular flexibility index (Phi) is 4.86. The summed E-state index contributed by atoms with van der Waals surface area (Å²) in [6.45, 7) is 0. The summed E-state index contributed by atoms with van der Waals surface area (Å²) in [6, 6.07) is 12.2. The van der Waals surface area contributed by atoms with Gasteiger partial charge in [0.25, 0.3) is 5.91 Å². The van der Waals surface area contributed by atoms with Crippen LogP contribution in [0.1, 0.15) is 17.4 Å². The number of benzene rings is 1. The van der Waals surface area contributed by atoms with Crippen LogP contribution in [-0.4, -0.2) is 17.2 Å². The normalized spacial score (nSPS) is 12.8. The SMILES string of the molecule is O=C(NN=CC=Cc1ccco1)C(O)c1ccccc1. The van der Waals surface area contributed by atoms with Gasteiger partial charge in [0.15, 0.2) is 6.10 Å². The Bertz CT molecular complexity index is 589. The summed E-state index contributed by atoms with van der Waals surface area (Å²) in [5, 5.41) is 13.5. The molecule has 0 aliphatic heterocycles. The first kappa shape index (κ1) is 13.8. The topological polar surface area (TPSA) is 74.8 Å². The third-order valence-electron chi connectivity index (χ3n) is 2.50. The van der Waals surface area contributed by atoms with E-state index >= 15 is 0 Å². The van der Waals surface area contributed by atoms with E-state index in [-0.39, 0.29) is 0 Å². The molecule has 0 aliphatic rings. The highest BCUT2D eigenvalue weighted by Crippen LogP contribution is 2.11. The number of allylic oxidation sites excluding steroid dienone is 1. The molecule has 5 heteroatoms. The lowest BCUT2D eigenvalue weighted by atomic mass is 10.1. The first-order valence-corrected chi connectivity index (χ1v) is 6.03. The minimum absolute atomic E-state index is 0.520. The van der Waals surface area contributed by atoms with Crippen molar-refractivity contribution in [3.8, 4) is 0 Å². The van der Waals surface area contributed by atoms with Crippen LogP contribution in [0.3, 0.4) is 0 Å². The van der Waals surface area contributed by atoms with Crippen LogP contribution in [0.4, 0.5) is 0 Å². The third-order valence-corrected chi connectivity index (χ3v) is 2.50. The van der Waals surface area contributed by atoms with Crippen LogP contribution in [0.25, 0.3) is 6.08 Å². The van der Waals surface area contributed by atoms with Crippen LogP contribution in [0.2, 0.25) is 0 Å². The largest absolute Gasteiger partial charge is 0.465 e. The highest BCUT2D eigenvalue weighted by atomic mass is 16.3. The van der Waals surface area contributed by atoms with Crippen molar-refractivity contribution in [2.45, 2.75) is 6.10 Å². The van der Waals surface area contributed by atoms with Crippen LogP contribution in [0, 0.1) is 0 Å². The molecule has 2 N–H and O–H groups in total. The molecule has 2 rings (SSSR count). The quantitative estimate of drug-likeness (QED) is 0.645. The van der Waals surface area contributed by atoms with E-state index in [0.29, 0.717) is 11.3 Å². The maximum atomic E-state index is 11.6. The van der Waals surface area contributed by atoms with E-state index in [1.165, 1.54) is 6.21 Å². The number of nitrogens with one attached hydrogen (secondary N) is 1. The Labute approximate surface area is 116 Å². The zero-order valence-electron chi connectivity index (χ0n) is 10.6. The second-order valence-corrected chi connectivity index (χ2v) is 3.94. The molecule has 1 aromatic heterocycles. The van der Waals surface area contributed by atoms with Crippen molar-refractivity contribution in [3.05, 3.63) is 66.1 Å². The van der Waals surface area contributed by atoms with Gasteiger partial charge in [-0.2, -0.15) is 5.10 Å². The van der Waals surface area contributed by atoms with E-state index in [2.05, 4.69) is 10.5 Å². The number of furan rings is 1. The molecule has 1 atom stereocenters. The van der Waals surface area contributed by atoms with Crippen molar-refractivity contribution in [1.29, 1.82) is 0 Å². The second kappa shape index (κ2) is 7.06. The van der Waals surface area contributed by atoms with Crippen LogP contribution in [0.5, 0.6) is 0 Å². The number of hydrogen-bond acceptors (Lipinski definition) is 4. The van der Waals surface area contributed by atoms with Crippen molar-refractivity contribution < 1.29 is 14.3 Å². The summed E-state index contributed by atoms with van der Waals surface area (Å²) >= 11 is 0. The molecule has 0 saturated heterocycles. The van der Waals surface area contributed by atoms with E-state index in [4.69, 9.17) is 4.42 Å². The summed E-state index contributed by atoms with van der Waals surface area (Å²) in [5.74, 6) is 0.103. The molecular formula is C15H14N2O3. The number of amides is 1. The van der Waals surface area contributed by atoms with E-state index in [9.17, 15) is 9.90 Å². The molecule has 5 nitrogen and oxygen atoms in total. The molecule has 102 valence electrons. The van der Waals surface area contributed by atoms with Gasteiger partial charge in [0.2, 0.25) is 0 Å². The van der Waals surface area contributed by atoms with Gasteiger partial charge in [0.1, 0.15) is 5.76 Å². The number of aliphatic hydroxyl groups excluding tert-OH is 1. The Balaban J connectivity index is 1.83. The van der Waals surface area contributed by atoms with Crippen molar-refractivity contribution in [1.82, 2.24) is 5.43 Å². The molecule has 0 bridgehead atoms. The van der Waals surface area contributed by atoms with Gasteiger partial charge in [-0.05, 0) is 29.8 Å². The Morgan fingerprint density at radius 3 is 2.75 bits per heavy atom. The van der Waals surface area contributed by atoms with Crippen LogP contribution in [0.15, 0.2) is 64.3 Å². The summed E-state index contributed by atoms with van der Waals surface area (Å²) in [4.78, 5) is 11.6. The van der Waals surface area contributed by atoms with Gasteiger partial charge in [-0.1, -0.05) is 30.3 Å². The van der Waals surface area contributed by atoms with Crippen molar-refractivity contribution in [2.75, 3.05) is 0 Å². The van der Waals surface area contributed by atoms with E-state index in [1.807, 2.05) is 6.07 Å². The van der Waals surface area contributed by atoms with Crippen LogP contribution >= 0.6 is 0 Å². The maximum Gasteiger partial charge on any atom is 0.273 e. The van der Waals surface area contributed by atoms with E-state index < -0.39 is 12.0 Å². The minimum atomic E-state index is -1.23. The van der Waals surface area contributed by atoms with E-state index in [1.54, 1.807) is 54.8 Å². The molecule has 1 amide bonds. The smallest absolute Gasteiger partial charge is 0.273 e. The fraction of sp³-hybridized carbons (Fsp3) is 0.0667. The van der Waals surface area contributed by atoms with Gasteiger partial charge >= 0.3 is 0 Å². The zero-order valence-corrected chi connectivity index (χ0v) is 10.6. The number of nitrogens with zero attached hydrogens (tertiary/aromatic N) is 1. The number of rotatable bonds is 5. The Morgan fingerprint density at radius 1 is 1.25 bits per heavy atom. The van der Waals surface area contributed by atoms with E-state index in [0.717, 1.165) is 0 Å². The average molecular weight is 270 g/mol. The summed E-state index contributed by atoms with van der Waals surface area (Å²) in [7, 11) is 0. The van der Waals surface area contributed by atoms with Crippen molar-refractivity contribution in [3.63, 3.8) is 0 Å². The first-order chi connectivity index (χ1) is 9.77. The Hall–Kier alpha value is -2.66. The van der Waals surface area contributed by atoms with Gasteiger partial charge in [-0.15, -0.1) is 0 Å². The van der Waals surface area contributed by atoms with Crippen LogP contribution in [-0.2, 0) is 4.79 Å². The minimum Gasteiger partial charge on any atom is -0.465 e. The fourth-order valence-electron chi connectivity index (χ4n) is 1.52. The lowest BCUT2D eigenvalue weighted by Gasteiger charge is -2.08. The predicted octanol–water partition coefficient (Wildman–Crippen LogP) is 2.13. The molecule has 1 heterocycles. The van der Waals surface area contributed by atoms with Gasteiger partial charge in [0.05, 0.1) is 6.26 Å². The molecule has 0 fully saturated rings. The first-order valence-electron chi connectivity index (χ1n) is 6.03. The third kappa shape index (κ3) is 3.93. The maximum absolute atomic E-state index is 11.6. The highest BCUT2D eigenvalue weighted by Gasteiger charge is 2.15. The molecule has 0 saturated carbocycles. The lowest BCUT2D eigenvalue weighted by Crippen LogP contribution is -2.24. The number of aliphatic hydroxyl groups is 1. The molecule has 1 aromatic carbocycles. The molecule has 0 aliphatic carbocycles. The monoisotopic (exact) mass is 270 g/mol. The standard InChI is InChI=1S/C15H14N2O3/c18-14(12-6-2-1-3-7-12)15(19)17-16-10-4-8-13-9-5-11-20-13/h1-11,14,18H,(H,17,19). The second-order valence-electron chi connectivity index (χ2n) is 3.94. The summed E-state index contributed by atoms with van der Waals surface area (Å²) < 4.78 is 5.08. The fourth-order valence-corrected chi connectivity index (χ4v) is 1.52. The number of carbonyl (C=O) groups is 1. The lowest BCUT2D eigenvalue weighted by molar-refractivity contribution is -0.129. The van der Waals surface area contributed by atoms with Gasteiger partial charge in [-0.25, -0.2) is 5.43 Å². The highest BCUT2D eigenvalue weighted by molar-refractivity contribution is 5.84. The predicted molar refractivity (Wildman–Crippen MR) is 75.8 cm³/mol. The molecule has 1 unspecified atom stereocenters. The van der Waals surface area contributed by atoms with Gasteiger partial charge in [0, 0.05) is 6.21 Å². The zero-order chi connectivity index (χ0) is 14.2. The van der Waals surface area contributed by atoms with Crippen molar-refractivity contribution >= 4 is 18.2 Å². The number of hydrazone groups is 1. The van der Waals surface area contributed by atoms with Crippen molar-refractivity contribution in [2.24, 2.45) is 5.10 Å². The number of carbonyl (C=O) groups excluding carboxylic acids is 1.